The second kappa shape index (κ2) is 6.65. The molecular weight excluding hydrogens is 182 g/mol. The highest BCUT2D eigenvalue weighted by Crippen LogP contribution is 2.03. The summed E-state index contributed by atoms with van der Waals surface area (Å²) in [6.07, 6.45) is -0.583. The Labute approximate surface area is 86.2 Å². The standard InChI is InChI=1S/C10H21NO3/c1-6-13-10(12)11(5)9(4)14-7-8(2)3/h8-9H,6-7H2,1-5H3. The third kappa shape index (κ3) is 5.07. The van der Waals surface area contributed by atoms with Crippen LogP contribution in [0.15, 0.2) is 0 Å². The molecule has 4 heteroatoms. The zero-order chi connectivity index (χ0) is 11.1. The predicted molar refractivity (Wildman–Crippen MR) is 55.0 cm³/mol. The van der Waals surface area contributed by atoms with E-state index in [1.165, 1.54) is 4.90 Å². The third-order valence-electron chi connectivity index (χ3n) is 1.77. The average molecular weight is 203 g/mol. The maximum atomic E-state index is 11.3. The minimum absolute atomic E-state index is 0.239. The first-order valence-corrected chi connectivity index (χ1v) is 5.00. The van der Waals surface area contributed by atoms with Gasteiger partial charge in [-0.2, -0.15) is 0 Å². The van der Waals surface area contributed by atoms with Crippen molar-refractivity contribution in [2.75, 3.05) is 20.3 Å². The maximum absolute atomic E-state index is 11.3. The van der Waals surface area contributed by atoms with Crippen LogP contribution < -0.4 is 0 Å². The second-order valence-electron chi connectivity index (χ2n) is 3.64. The van der Waals surface area contributed by atoms with Crippen LogP contribution in [0.25, 0.3) is 0 Å². The Morgan fingerprint density at radius 1 is 1.36 bits per heavy atom. The molecular formula is C10H21NO3. The molecule has 0 bridgehead atoms. The first kappa shape index (κ1) is 13.2. The van der Waals surface area contributed by atoms with Gasteiger partial charge in [-0.05, 0) is 19.8 Å². The van der Waals surface area contributed by atoms with Crippen molar-refractivity contribution >= 4 is 6.09 Å². The van der Waals surface area contributed by atoms with Crippen molar-refractivity contribution < 1.29 is 14.3 Å². The number of rotatable bonds is 5. The summed E-state index contributed by atoms with van der Waals surface area (Å²) in [5.74, 6) is 0.466. The van der Waals surface area contributed by atoms with Crippen molar-refractivity contribution in [3.63, 3.8) is 0 Å². The van der Waals surface area contributed by atoms with E-state index in [1.54, 1.807) is 14.0 Å². The first-order chi connectivity index (χ1) is 6.49. The average Bonchev–Trinajstić information content (AvgIpc) is 2.13. The largest absolute Gasteiger partial charge is 0.450 e. The van der Waals surface area contributed by atoms with Gasteiger partial charge in [0, 0.05) is 7.05 Å². The van der Waals surface area contributed by atoms with E-state index in [2.05, 4.69) is 13.8 Å². The van der Waals surface area contributed by atoms with E-state index in [4.69, 9.17) is 9.47 Å². The molecule has 84 valence electrons. The summed E-state index contributed by atoms with van der Waals surface area (Å²) in [6, 6.07) is 0. The number of carbonyl (C=O) groups excluding carboxylic acids is 1. The van der Waals surface area contributed by atoms with Crippen LogP contribution >= 0.6 is 0 Å². The lowest BCUT2D eigenvalue weighted by molar-refractivity contribution is -0.0405. The molecule has 0 rings (SSSR count). The smallest absolute Gasteiger partial charge is 0.411 e. The normalized spacial score (nSPS) is 12.7. The Kier molecular flexibility index (Phi) is 6.28. The zero-order valence-electron chi connectivity index (χ0n) is 9.74. The summed E-state index contributed by atoms with van der Waals surface area (Å²) >= 11 is 0. The molecule has 0 aliphatic heterocycles. The van der Waals surface area contributed by atoms with E-state index in [1.807, 2.05) is 6.92 Å². The van der Waals surface area contributed by atoms with Gasteiger partial charge in [-0.25, -0.2) is 4.79 Å². The van der Waals surface area contributed by atoms with Crippen LogP contribution in [-0.4, -0.2) is 37.5 Å². The Hall–Kier alpha value is -0.770. The van der Waals surface area contributed by atoms with Gasteiger partial charge in [-0.15, -0.1) is 0 Å². The summed E-state index contributed by atoms with van der Waals surface area (Å²) < 4.78 is 10.3. The van der Waals surface area contributed by atoms with Gasteiger partial charge in [0.1, 0.15) is 6.23 Å². The summed E-state index contributed by atoms with van der Waals surface area (Å²) in [6.45, 7) is 8.78. The van der Waals surface area contributed by atoms with Crippen molar-refractivity contribution in [1.82, 2.24) is 4.90 Å². The number of ether oxygens (including phenoxy) is 2. The summed E-state index contributed by atoms with van der Waals surface area (Å²) in [5, 5.41) is 0. The molecule has 0 N–H and O–H groups in total. The van der Waals surface area contributed by atoms with Gasteiger partial charge < -0.3 is 9.47 Å². The summed E-state index contributed by atoms with van der Waals surface area (Å²) in [4.78, 5) is 12.7. The molecule has 0 aliphatic rings. The van der Waals surface area contributed by atoms with E-state index < -0.39 is 0 Å². The van der Waals surface area contributed by atoms with Crippen molar-refractivity contribution in [1.29, 1.82) is 0 Å². The molecule has 0 saturated carbocycles. The maximum Gasteiger partial charge on any atom is 0.411 e. The van der Waals surface area contributed by atoms with E-state index in [0.29, 0.717) is 19.1 Å². The SMILES string of the molecule is CCOC(=O)N(C)C(C)OCC(C)C. The van der Waals surface area contributed by atoms with E-state index >= 15 is 0 Å². The molecule has 0 fully saturated rings. The molecule has 4 nitrogen and oxygen atoms in total. The number of nitrogens with zero attached hydrogens (tertiary/aromatic N) is 1. The Morgan fingerprint density at radius 3 is 2.36 bits per heavy atom. The molecule has 0 aromatic carbocycles. The van der Waals surface area contributed by atoms with Gasteiger partial charge in [0.25, 0.3) is 0 Å². The molecule has 1 unspecified atom stereocenters. The molecule has 1 amide bonds. The fourth-order valence-corrected chi connectivity index (χ4v) is 0.817. The van der Waals surface area contributed by atoms with Crippen LogP contribution in [0.4, 0.5) is 4.79 Å². The van der Waals surface area contributed by atoms with Gasteiger partial charge >= 0.3 is 6.09 Å². The van der Waals surface area contributed by atoms with E-state index in [9.17, 15) is 4.79 Å². The van der Waals surface area contributed by atoms with Crippen LogP contribution in [0.1, 0.15) is 27.7 Å². The second-order valence-corrected chi connectivity index (χ2v) is 3.64. The molecule has 1 atom stereocenters. The van der Waals surface area contributed by atoms with Crippen LogP contribution in [0, 0.1) is 5.92 Å². The first-order valence-electron chi connectivity index (χ1n) is 5.00. The van der Waals surface area contributed by atoms with E-state index in [0.717, 1.165) is 0 Å². The molecule has 0 aliphatic carbocycles. The monoisotopic (exact) mass is 203 g/mol. The highest BCUT2D eigenvalue weighted by Gasteiger charge is 2.16. The molecule has 14 heavy (non-hydrogen) atoms. The van der Waals surface area contributed by atoms with Crippen LogP contribution in [0.2, 0.25) is 0 Å². The minimum Gasteiger partial charge on any atom is -0.450 e. The Balaban J connectivity index is 3.85. The lowest BCUT2D eigenvalue weighted by Gasteiger charge is -2.24. The quantitative estimate of drug-likeness (QED) is 0.642. The fraction of sp³-hybridized carbons (Fsp3) is 0.900. The lowest BCUT2D eigenvalue weighted by atomic mass is 10.2. The highest BCUT2D eigenvalue weighted by atomic mass is 16.6. The van der Waals surface area contributed by atoms with Crippen molar-refractivity contribution in [2.45, 2.75) is 33.9 Å². The summed E-state index contributed by atoms with van der Waals surface area (Å²) in [5.41, 5.74) is 0. The van der Waals surface area contributed by atoms with Gasteiger partial charge in [0.05, 0.1) is 13.2 Å². The molecule has 0 radical (unpaired) electrons. The lowest BCUT2D eigenvalue weighted by Crippen LogP contribution is -2.37. The zero-order valence-corrected chi connectivity index (χ0v) is 9.74. The Morgan fingerprint density at radius 2 is 1.93 bits per heavy atom. The topological polar surface area (TPSA) is 38.8 Å². The van der Waals surface area contributed by atoms with Crippen LogP contribution in [-0.2, 0) is 9.47 Å². The molecule has 0 saturated heterocycles. The highest BCUT2D eigenvalue weighted by molar-refractivity contribution is 5.67. The number of hydrogen-bond donors (Lipinski definition) is 0. The molecule has 0 aromatic heterocycles. The van der Waals surface area contributed by atoms with Crippen LogP contribution in [0.5, 0.6) is 0 Å². The summed E-state index contributed by atoms with van der Waals surface area (Å²) in [7, 11) is 1.67. The third-order valence-corrected chi connectivity index (χ3v) is 1.77. The number of hydrogen-bond acceptors (Lipinski definition) is 3. The van der Waals surface area contributed by atoms with Crippen molar-refractivity contribution in [2.24, 2.45) is 5.92 Å². The van der Waals surface area contributed by atoms with Gasteiger partial charge in [0.2, 0.25) is 0 Å². The fourth-order valence-electron chi connectivity index (χ4n) is 0.817. The van der Waals surface area contributed by atoms with Gasteiger partial charge in [-0.3, -0.25) is 4.90 Å². The molecule has 0 spiro atoms. The number of carbonyl (C=O) groups is 1. The molecule has 0 aromatic rings. The van der Waals surface area contributed by atoms with Gasteiger partial charge in [-0.1, -0.05) is 13.8 Å². The van der Waals surface area contributed by atoms with Gasteiger partial charge in [0.15, 0.2) is 0 Å². The Bertz CT molecular complexity index is 171. The number of amides is 1. The minimum atomic E-state index is -0.344. The van der Waals surface area contributed by atoms with E-state index in [-0.39, 0.29) is 12.3 Å². The predicted octanol–water partition coefficient (Wildman–Crippen LogP) is 2.09. The van der Waals surface area contributed by atoms with Crippen molar-refractivity contribution in [3.05, 3.63) is 0 Å². The van der Waals surface area contributed by atoms with Crippen molar-refractivity contribution in [3.8, 4) is 0 Å². The van der Waals surface area contributed by atoms with Crippen LogP contribution in [0.3, 0.4) is 0 Å². The molecule has 0 heterocycles.